The number of halogens is 1. The molecule has 0 fully saturated rings. The maximum atomic E-state index is 5.72. The quantitative estimate of drug-likeness (QED) is 0.621. The summed E-state index contributed by atoms with van der Waals surface area (Å²) in [4.78, 5) is 0. The van der Waals surface area contributed by atoms with E-state index < -0.39 is 0 Å². The van der Waals surface area contributed by atoms with Gasteiger partial charge in [-0.1, -0.05) is 29.4 Å². The van der Waals surface area contributed by atoms with Crippen molar-refractivity contribution in [2.24, 2.45) is 0 Å². The number of fused-ring (bicyclic) bond motifs is 1. The minimum Gasteiger partial charge on any atom is -0.464 e. The van der Waals surface area contributed by atoms with Crippen molar-refractivity contribution in [2.75, 3.05) is 0 Å². The Morgan fingerprint density at radius 2 is 2.09 bits per heavy atom. The third-order valence-corrected chi connectivity index (χ3v) is 2.78. The van der Waals surface area contributed by atoms with Gasteiger partial charge in [-0.2, -0.15) is 0 Å². The zero-order chi connectivity index (χ0) is 7.68. The summed E-state index contributed by atoms with van der Waals surface area (Å²) in [5.74, 6) is 0. The molecule has 56 valence electrons. The summed E-state index contributed by atoms with van der Waals surface area (Å²) in [5, 5.41) is 2.21. The number of hydrogen-bond donors (Lipinski definition) is 0. The molecule has 1 atom stereocenters. The average Bonchev–Trinajstić information content (AvgIpc) is 2.47. The lowest BCUT2D eigenvalue weighted by atomic mass is 10.3. The highest BCUT2D eigenvalue weighted by Gasteiger charge is 2.01. The van der Waals surface area contributed by atoms with Crippen molar-refractivity contribution in [1.82, 2.24) is 0 Å². The van der Waals surface area contributed by atoms with Gasteiger partial charge < -0.3 is 4.42 Å². The van der Waals surface area contributed by atoms with Crippen LogP contribution in [0.15, 0.2) is 34.9 Å². The highest BCUT2D eigenvalue weighted by Crippen LogP contribution is 2.23. The molecule has 0 bridgehead atoms. The molecular formula is C8H6ClOP. The van der Waals surface area contributed by atoms with E-state index in [0.29, 0.717) is 0 Å². The minimum atomic E-state index is 0.287. The number of rotatable bonds is 1. The maximum Gasteiger partial charge on any atom is 0.134 e. The molecule has 0 spiro atoms. The van der Waals surface area contributed by atoms with E-state index in [4.69, 9.17) is 15.7 Å². The normalized spacial score (nSPS) is 11.7. The van der Waals surface area contributed by atoms with Crippen molar-refractivity contribution in [3.8, 4) is 0 Å². The molecule has 2 aromatic rings. The Labute approximate surface area is 70.9 Å². The van der Waals surface area contributed by atoms with Crippen molar-refractivity contribution in [2.45, 2.75) is 0 Å². The van der Waals surface area contributed by atoms with Gasteiger partial charge in [0.15, 0.2) is 0 Å². The van der Waals surface area contributed by atoms with Crippen molar-refractivity contribution < 1.29 is 4.42 Å². The third-order valence-electron chi connectivity index (χ3n) is 1.58. The van der Waals surface area contributed by atoms with E-state index in [2.05, 4.69) is 0 Å². The Kier molecular flexibility index (Phi) is 1.85. The average molecular weight is 185 g/mol. The second-order valence-electron chi connectivity index (χ2n) is 2.24. The summed E-state index contributed by atoms with van der Waals surface area (Å²) in [6.45, 7) is 0. The first-order valence-electron chi connectivity index (χ1n) is 3.24. The van der Waals surface area contributed by atoms with Gasteiger partial charge in [-0.3, -0.25) is 0 Å². The topological polar surface area (TPSA) is 13.1 Å². The molecule has 0 aliphatic carbocycles. The summed E-state index contributed by atoms with van der Waals surface area (Å²) in [6, 6.07) is 7.89. The van der Waals surface area contributed by atoms with Crippen LogP contribution in [0.3, 0.4) is 0 Å². The minimum absolute atomic E-state index is 0.287. The van der Waals surface area contributed by atoms with Crippen LogP contribution in [-0.4, -0.2) is 0 Å². The molecule has 0 N–H and O–H groups in total. The van der Waals surface area contributed by atoms with E-state index in [1.165, 1.54) is 0 Å². The Balaban J connectivity index is 2.76. The van der Waals surface area contributed by atoms with Gasteiger partial charge in [0.2, 0.25) is 0 Å². The number of benzene rings is 1. The zero-order valence-corrected chi connectivity index (χ0v) is 7.43. The molecule has 0 saturated carbocycles. The van der Waals surface area contributed by atoms with Crippen LogP contribution in [0.5, 0.6) is 0 Å². The highest BCUT2D eigenvalue weighted by molar-refractivity contribution is 7.75. The number of hydrogen-bond acceptors (Lipinski definition) is 1. The van der Waals surface area contributed by atoms with Crippen LogP contribution in [0.2, 0.25) is 0 Å². The number of furan rings is 1. The van der Waals surface area contributed by atoms with E-state index >= 15 is 0 Å². The molecule has 1 aromatic heterocycles. The van der Waals surface area contributed by atoms with Crippen LogP contribution in [0, 0.1) is 0 Å². The first-order chi connectivity index (χ1) is 5.42. The van der Waals surface area contributed by atoms with Gasteiger partial charge in [-0.15, -0.1) is 0 Å². The molecule has 1 aromatic carbocycles. The van der Waals surface area contributed by atoms with Crippen molar-refractivity contribution >= 4 is 35.4 Å². The standard InChI is InChI=1S/C8H6ClOP/c9-11-8-5-10-7-4-2-1-3-6(7)8/h1-5,11H. The SMILES string of the molecule is ClPc1coc2ccccc12. The summed E-state index contributed by atoms with van der Waals surface area (Å²) < 4.78 is 5.26. The van der Waals surface area contributed by atoms with E-state index in [1.54, 1.807) is 6.26 Å². The van der Waals surface area contributed by atoms with Gasteiger partial charge >= 0.3 is 0 Å². The predicted octanol–water partition coefficient (Wildman–Crippen LogP) is 2.89. The van der Waals surface area contributed by atoms with Crippen LogP contribution in [0.4, 0.5) is 0 Å². The van der Waals surface area contributed by atoms with Crippen LogP contribution in [0.1, 0.15) is 0 Å². The second-order valence-corrected chi connectivity index (χ2v) is 3.53. The van der Waals surface area contributed by atoms with Crippen molar-refractivity contribution in [3.63, 3.8) is 0 Å². The molecule has 0 amide bonds. The molecule has 1 unspecified atom stereocenters. The van der Waals surface area contributed by atoms with Crippen LogP contribution >= 0.6 is 19.2 Å². The molecule has 3 heteroatoms. The van der Waals surface area contributed by atoms with Crippen LogP contribution in [0.25, 0.3) is 11.0 Å². The van der Waals surface area contributed by atoms with Crippen molar-refractivity contribution in [1.29, 1.82) is 0 Å². The van der Waals surface area contributed by atoms with Crippen LogP contribution < -0.4 is 5.30 Å². The molecular weight excluding hydrogens is 179 g/mol. The van der Waals surface area contributed by atoms with Crippen LogP contribution in [-0.2, 0) is 0 Å². The van der Waals surface area contributed by atoms with Gasteiger partial charge in [-0.25, -0.2) is 0 Å². The van der Waals surface area contributed by atoms with Gasteiger partial charge in [0.1, 0.15) is 11.8 Å². The van der Waals surface area contributed by atoms with E-state index in [-0.39, 0.29) is 7.93 Å². The molecule has 11 heavy (non-hydrogen) atoms. The lowest BCUT2D eigenvalue weighted by Gasteiger charge is -1.87. The second kappa shape index (κ2) is 2.84. The van der Waals surface area contributed by atoms with E-state index in [1.807, 2.05) is 24.3 Å². The molecule has 1 heterocycles. The summed E-state index contributed by atoms with van der Waals surface area (Å²) in [5.41, 5.74) is 0.913. The fourth-order valence-corrected chi connectivity index (χ4v) is 1.90. The fraction of sp³-hybridized carbons (Fsp3) is 0. The molecule has 0 saturated heterocycles. The maximum absolute atomic E-state index is 5.72. The fourth-order valence-electron chi connectivity index (χ4n) is 1.05. The molecule has 1 nitrogen and oxygen atoms in total. The number of para-hydroxylation sites is 1. The van der Waals surface area contributed by atoms with E-state index in [9.17, 15) is 0 Å². The van der Waals surface area contributed by atoms with Gasteiger partial charge in [0.25, 0.3) is 0 Å². The monoisotopic (exact) mass is 184 g/mol. The lowest BCUT2D eigenvalue weighted by Crippen LogP contribution is -1.84. The van der Waals surface area contributed by atoms with Gasteiger partial charge in [-0.05, 0) is 6.07 Å². The van der Waals surface area contributed by atoms with Crippen molar-refractivity contribution in [3.05, 3.63) is 30.5 Å². The summed E-state index contributed by atoms with van der Waals surface area (Å²) >= 11 is 5.72. The Morgan fingerprint density at radius 1 is 1.27 bits per heavy atom. The van der Waals surface area contributed by atoms with Gasteiger partial charge in [0.05, 0.1) is 0 Å². The molecule has 0 aliphatic heterocycles. The third kappa shape index (κ3) is 1.15. The van der Waals surface area contributed by atoms with E-state index in [0.717, 1.165) is 16.3 Å². The predicted molar refractivity (Wildman–Crippen MR) is 50.0 cm³/mol. The Bertz CT molecular complexity index is 369. The molecule has 2 rings (SSSR count). The first kappa shape index (κ1) is 7.15. The molecule has 0 aliphatic rings. The zero-order valence-electron chi connectivity index (χ0n) is 5.67. The lowest BCUT2D eigenvalue weighted by molar-refractivity contribution is 0.618. The highest BCUT2D eigenvalue weighted by atomic mass is 35.7. The Hall–Kier alpha value is -0.520. The summed E-state index contributed by atoms with van der Waals surface area (Å²) in [7, 11) is 0.287. The summed E-state index contributed by atoms with van der Waals surface area (Å²) in [6.07, 6.45) is 1.72. The smallest absolute Gasteiger partial charge is 0.134 e. The van der Waals surface area contributed by atoms with Gasteiger partial charge in [0, 0.05) is 18.6 Å². The largest absolute Gasteiger partial charge is 0.464 e. The molecule has 0 radical (unpaired) electrons. The Morgan fingerprint density at radius 3 is 2.91 bits per heavy atom. The first-order valence-corrected chi connectivity index (χ1v) is 5.26.